The molecule has 0 radical (unpaired) electrons. The minimum absolute atomic E-state index is 0.241. The minimum atomic E-state index is 0.241. The van der Waals surface area contributed by atoms with Crippen LogP contribution in [0.4, 0.5) is 5.13 Å². The molecule has 3 aromatic heterocycles. The van der Waals surface area contributed by atoms with Gasteiger partial charge in [0.1, 0.15) is 0 Å². The number of fused-ring (bicyclic) bond motifs is 1. The molecule has 1 aliphatic heterocycles. The molecular formula is C17H21N5OS. The summed E-state index contributed by atoms with van der Waals surface area (Å²) in [5, 5.41) is 5.51. The van der Waals surface area contributed by atoms with Crippen molar-refractivity contribution < 1.29 is 4.74 Å². The SMILES string of the molecule is Cc1nn(C)c2nc(N3CCC[C@H](OCc4cccnc4)C3)sc12. The van der Waals surface area contributed by atoms with Crippen molar-refractivity contribution in [3.05, 3.63) is 35.8 Å². The van der Waals surface area contributed by atoms with Crippen molar-refractivity contribution >= 4 is 26.8 Å². The molecule has 0 saturated carbocycles. The highest BCUT2D eigenvalue weighted by Gasteiger charge is 2.24. The molecule has 1 aliphatic rings. The lowest BCUT2D eigenvalue weighted by molar-refractivity contribution is 0.0314. The van der Waals surface area contributed by atoms with Crippen molar-refractivity contribution in [2.24, 2.45) is 7.05 Å². The number of hydrogen-bond donors (Lipinski definition) is 0. The average molecular weight is 343 g/mol. The van der Waals surface area contributed by atoms with Crippen LogP contribution in [-0.4, -0.2) is 38.9 Å². The fourth-order valence-electron chi connectivity index (χ4n) is 3.15. The molecule has 0 unspecified atom stereocenters. The van der Waals surface area contributed by atoms with E-state index in [9.17, 15) is 0 Å². The van der Waals surface area contributed by atoms with Gasteiger partial charge in [0.25, 0.3) is 0 Å². The van der Waals surface area contributed by atoms with Crippen LogP contribution in [0.1, 0.15) is 24.1 Å². The second-order valence-corrected chi connectivity index (χ2v) is 7.22. The van der Waals surface area contributed by atoms with Gasteiger partial charge in [0.15, 0.2) is 10.8 Å². The van der Waals surface area contributed by atoms with Crippen molar-refractivity contribution in [2.75, 3.05) is 18.0 Å². The third-order valence-corrected chi connectivity index (χ3v) is 5.60. The molecule has 1 fully saturated rings. The molecule has 0 bridgehead atoms. The second-order valence-electron chi connectivity index (χ2n) is 6.24. The van der Waals surface area contributed by atoms with Gasteiger partial charge < -0.3 is 9.64 Å². The van der Waals surface area contributed by atoms with Crippen LogP contribution in [0.5, 0.6) is 0 Å². The standard InChI is InChI=1S/C17H21N5OS/c1-12-15-16(21(2)20-12)19-17(24-15)22-8-4-6-14(10-22)23-11-13-5-3-7-18-9-13/h3,5,7,9,14H,4,6,8,10-11H2,1-2H3/t14-/m0/s1. The minimum Gasteiger partial charge on any atom is -0.372 e. The first kappa shape index (κ1) is 15.5. The molecule has 4 rings (SSSR count). The third kappa shape index (κ3) is 3.01. The number of aromatic nitrogens is 4. The lowest BCUT2D eigenvalue weighted by Crippen LogP contribution is -2.39. The largest absolute Gasteiger partial charge is 0.372 e. The highest BCUT2D eigenvalue weighted by molar-refractivity contribution is 7.22. The number of rotatable bonds is 4. The second kappa shape index (κ2) is 6.49. The van der Waals surface area contributed by atoms with Crippen LogP contribution in [0.25, 0.3) is 10.3 Å². The molecule has 7 heteroatoms. The summed E-state index contributed by atoms with van der Waals surface area (Å²) < 4.78 is 9.15. The molecule has 0 N–H and O–H groups in total. The number of pyridine rings is 1. The zero-order valence-electron chi connectivity index (χ0n) is 14.0. The van der Waals surface area contributed by atoms with Gasteiger partial charge in [0.2, 0.25) is 0 Å². The Balaban J connectivity index is 1.44. The summed E-state index contributed by atoms with van der Waals surface area (Å²) in [6.45, 7) is 4.60. The van der Waals surface area contributed by atoms with E-state index < -0.39 is 0 Å². The summed E-state index contributed by atoms with van der Waals surface area (Å²) >= 11 is 1.73. The summed E-state index contributed by atoms with van der Waals surface area (Å²) in [6, 6.07) is 4.00. The summed E-state index contributed by atoms with van der Waals surface area (Å²) in [6.07, 6.45) is 6.12. The normalized spacial score (nSPS) is 18.4. The molecule has 1 atom stereocenters. The molecule has 1 saturated heterocycles. The van der Waals surface area contributed by atoms with Crippen LogP contribution < -0.4 is 4.90 Å². The smallest absolute Gasteiger partial charge is 0.188 e. The third-order valence-electron chi connectivity index (χ3n) is 4.39. The van der Waals surface area contributed by atoms with E-state index >= 15 is 0 Å². The molecule has 0 aliphatic carbocycles. The predicted octanol–water partition coefficient (Wildman–Crippen LogP) is 2.92. The van der Waals surface area contributed by atoms with Crippen LogP contribution in [0.15, 0.2) is 24.5 Å². The molecular weight excluding hydrogens is 322 g/mol. The monoisotopic (exact) mass is 343 g/mol. The fourth-order valence-corrected chi connectivity index (χ4v) is 4.22. The summed E-state index contributed by atoms with van der Waals surface area (Å²) in [7, 11) is 1.95. The van der Waals surface area contributed by atoms with E-state index in [1.165, 1.54) is 4.70 Å². The van der Waals surface area contributed by atoms with E-state index in [1.807, 2.05) is 30.9 Å². The number of anilines is 1. The number of ether oxygens (including phenoxy) is 1. The number of nitrogens with zero attached hydrogens (tertiary/aromatic N) is 5. The van der Waals surface area contributed by atoms with E-state index in [2.05, 4.69) is 21.0 Å². The number of piperidine rings is 1. The zero-order chi connectivity index (χ0) is 16.5. The van der Waals surface area contributed by atoms with E-state index in [1.54, 1.807) is 17.5 Å². The number of aryl methyl sites for hydroxylation is 2. The van der Waals surface area contributed by atoms with Gasteiger partial charge in [-0.1, -0.05) is 17.4 Å². The van der Waals surface area contributed by atoms with Gasteiger partial charge in [-0.2, -0.15) is 5.10 Å². The Morgan fingerprint density at radius 3 is 3.12 bits per heavy atom. The van der Waals surface area contributed by atoms with Crippen molar-refractivity contribution in [3.8, 4) is 0 Å². The van der Waals surface area contributed by atoms with E-state index in [0.717, 1.165) is 48.0 Å². The molecule has 6 nitrogen and oxygen atoms in total. The number of thiazole rings is 1. The molecule has 0 aromatic carbocycles. The molecule has 3 aromatic rings. The quantitative estimate of drug-likeness (QED) is 0.729. The van der Waals surface area contributed by atoms with E-state index in [4.69, 9.17) is 9.72 Å². The molecule has 4 heterocycles. The fraction of sp³-hybridized carbons (Fsp3) is 0.471. The van der Waals surface area contributed by atoms with Crippen LogP contribution >= 0.6 is 11.3 Å². The Hall–Kier alpha value is -1.99. The average Bonchev–Trinajstić information content (AvgIpc) is 3.16. The first-order chi connectivity index (χ1) is 11.7. The lowest BCUT2D eigenvalue weighted by Gasteiger charge is -2.32. The summed E-state index contributed by atoms with van der Waals surface area (Å²) in [5.74, 6) is 0. The Morgan fingerprint density at radius 1 is 1.42 bits per heavy atom. The van der Waals surface area contributed by atoms with Crippen LogP contribution in [0.3, 0.4) is 0 Å². The van der Waals surface area contributed by atoms with Crippen LogP contribution in [0, 0.1) is 6.92 Å². The molecule has 0 amide bonds. The topological polar surface area (TPSA) is 56.1 Å². The summed E-state index contributed by atoms with van der Waals surface area (Å²) in [5.41, 5.74) is 3.15. The van der Waals surface area contributed by atoms with Crippen LogP contribution in [-0.2, 0) is 18.4 Å². The van der Waals surface area contributed by atoms with Gasteiger partial charge in [-0.3, -0.25) is 4.98 Å². The van der Waals surface area contributed by atoms with Gasteiger partial charge in [0, 0.05) is 32.5 Å². The zero-order valence-corrected chi connectivity index (χ0v) is 14.8. The Bertz CT molecular complexity index is 794. The van der Waals surface area contributed by atoms with Crippen molar-refractivity contribution in [3.63, 3.8) is 0 Å². The summed E-state index contributed by atoms with van der Waals surface area (Å²) in [4.78, 5) is 11.3. The molecule has 126 valence electrons. The Kier molecular flexibility index (Phi) is 4.20. The maximum atomic E-state index is 6.10. The predicted molar refractivity (Wildman–Crippen MR) is 95.4 cm³/mol. The van der Waals surface area contributed by atoms with Gasteiger partial charge in [0.05, 0.1) is 23.1 Å². The first-order valence-corrected chi connectivity index (χ1v) is 9.08. The Labute approximate surface area is 145 Å². The van der Waals surface area contributed by atoms with Gasteiger partial charge in [-0.05, 0) is 31.4 Å². The highest BCUT2D eigenvalue weighted by Crippen LogP contribution is 2.32. The van der Waals surface area contributed by atoms with Gasteiger partial charge in [-0.25, -0.2) is 9.67 Å². The van der Waals surface area contributed by atoms with Crippen LogP contribution in [0.2, 0.25) is 0 Å². The first-order valence-electron chi connectivity index (χ1n) is 8.26. The highest BCUT2D eigenvalue weighted by atomic mass is 32.1. The van der Waals surface area contributed by atoms with E-state index in [0.29, 0.717) is 6.61 Å². The van der Waals surface area contributed by atoms with Crippen molar-refractivity contribution in [1.29, 1.82) is 0 Å². The van der Waals surface area contributed by atoms with Crippen molar-refractivity contribution in [2.45, 2.75) is 32.5 Å². The maximum absolute atomic E-state index is 6.10. The van der Waals surface area contributed by atoms with Gasteiger partial charge >= 0.3 is 0 Å². The van der Waals surface area contributed by atoms with Crippen molar-refractivity contribution in [1.82, 2.24) is 19.7 Å². The molecule has 24 heavy (non-hydrogen) atoms. The number of hydrogen-bond acceptors (Lipinski definition) is 6. The lowest BCUT2D eigenvalue weighted by atomic mass is 10.1. The maximum Gasteiger partial charge on any atom is 0.188 e. The van der Waals surface area contributed by atoms with Gasteiger partial charge in [-0.15, -0.1) is 0 Å². The van der Waals surface area contributed by atoms with E-state index in [-0.39, 0.29) is 6.10 Å². The molecule has 0 spiro atoms. The Morgan fingerprint density at radius 2 is 2.33 bits per heavy atom.